The van der Waals surface area contributed by atoms with Gasteiger partial charge < -0.3 is 14.4 Å². The van der Waals surface area contributed by atoms with E-state index in [1.54, 1.807) is 39.8 Å². The van der Waals surface area contributed by atoms with Crippen LogP contribution in [0.15, 0.2) is 23.1 Å². The van der Waals surface area contributed by atoms with Gasteiger partial charge in [-0.15, -0.1) is 0 Å². The summed E-state index contributed by atoms with van der Waals surface area (Å²) in [7, 11) is -3.90. The number of ether oxygens (including phenoxy) is 2. The number of carbonyl (C=O) groups excluding carboxylic acids is 1. The molecule has 1 aromatic rings. The predicted octanol–water partition coefficient (Wildman–Crippen LogP) is 2.92. The fourth-order valence-electron chi connectivity index (χ4n) is 2.96. The first-order valence-corrected chi connectivity index (χ1v) is 11.0. The van der Waals surface area contributed by atoms with E-state index in [0.29, 0.717) is 11.3 Å². The normalized spacial score (nSPS) is 18.4. The van der Waals surface area contributed by atoms with E-state index < -0.39 is 27.8 Å². The van der Waals surface area contributed by atoms with Crippen LogP contribution in [0.1, 0.15) is 40.2 Å². The summed E-state index contributed by atoms with van der Waals surface area (Å²) >= 11 is 0. The highest BCUT2D eigenvalue weighted by molar-refractivity contribution is 7.89. The van der Waals surface area contributed by atoms with Crippen molar-refractivity contribution >= 4 is 16.1 Å². The summed E-state index contributed by atoms with van der Waals surface area (Å²) in [4.78, 5) is 13.7. The summed E-state index contributed by atoms with van der Waals surface area (Å²) in [6, 6.07) is 5.66. The van der Waals surface area contributed by atoms with Gasteiger partial charge >= 0.3 is 6.09 Å². The van der Waals surface area contributed by atoms with E-state index in [-0.39, 0.29) is 30.6 Å². The van der Waals surface area contributed by atoms with E-state index in [1.807, 2.05) is 19.9 Å². The van der Waals surface area contributed by atoms with Crippen molar-refractivity contribution in [2.45, 2.75) is 64.2 Å². The molecule has 1 aliphatic heterocycles. The van der Waals surface area contributed by atoms with Gasteiger partial charge in [-0.3, -0.25) is 0 Å². The maximum Gasteiger partial charge on any atom is 0.410 e. The van der Waals surface area contributed by atoms with Crippen molar-refractivity contribution in [3.63, 3.8) is 0 Å². The number of piperazine rings is 1. The molecule has 0 spiro atoms. The molecule has 1 fully saturated rings. The number of benzene rings is 1. The molecule has 1 aliphatic rings. The number of sulfonamides is 1. The molecule has 1 aromatic carbocycles. The number of nitrogens with zero attached hydrogens (tertiary/aromatic N) is 3. The minimum Gasteiger partial charge on any atom is -0.491 e. The van der Waals surface area contributed by atoms with E-state index in [1.165, 1.54) is 11.0 Å². The Hall–Kier alpha value is -2.31. The summed E-state index contributed by atoms with van der Waals surface area (Å²) in [5.41, 5.74) is 0.0282. The Morgan fingerprint density at radius 1 is 1.28 bits per heavy atom. The van der Waals surface area contributed by atoms with Crippen LogP contribution in [-0.2, 0) is 14.8 Å². The molecule has 2 rings (SSSR count). The largest absolute Gasteiger partial charge is 0.491 e. The Balaban J connectivity index is 2.22. The number of nitriles is 1. The van der Waals surface area contributed by atoms with Crippen LogP contribution in [0.4, 0.5) is 4.79 Å². The third-order valence-corrected chi connectivity index (χ3v) is 6.15. The maximum absolute atomic E-state index is 13.1. The predicted molar refractivity (Wildman–Crippen MR) is 108 cm³/mol. The van der Waals surface area contributed by atoms with Crippen molar-refractivity contribution in [3.05, 3.63) is 23.8 Å². The Bertz CT molecular complexity index is 900. The van der Waals surface area contributed by atoms with Crippen molar-refractivity contribution in [2.75, 3.05) is 19.6 Å². The smallest absolute Gasteiger partial charge is 0.410 e. The Kier molecular flexibility index (Phi) is 6.81. The minimum atomic E-state index is -3.90. The van der Waals surface area contributed by atoms with E-state index in [4.69, 9.17) is 9.47 Å². The van der Waals surface area contributed by atoms with E-state index in [2.05, 4.69) is 0 Å². The van der Waals surface area contributed by atoms with Crippen molar-refractivity contribution in [2.24, 2.45) is 0 Å². The van der Waals surface area contributed by atoms with Crippen molar-refractivity contribution < 1.29 is 22.7 Å². The lowest BCUT2D eigenvalue weighted by molar-refractivity contribution is 0.0162. The average molecular weight is 424 g/mol. The maximum atomic E-state index is 13.1. The molecule has 160 valence electrons. The van der Waals surface area contributed by atoms with Gasteiger partial charge in [-0.25, -0.2) is 13.2 Å². The lowest BCUT2D eigenvalue weighted by Gasteiger charge is -2.37. The van der Waals surface area contributed by atoms with Gasteiger partial charge in [0.2, 0.25) is 10.0 Å². The van der Waals surface area contributed by atoms with Crippen LogP contribution in [0.3, 0.4) is 0 Å². The fourth-order valence-corrected chi connectivity index (χ4v) is 4.56. The second-order valence-electron chi connectivity index (χ2n) is 8.28. The van der Waals surface area contributed by atoms with Gasteiger partial charge in [0.05, 0.1) is 23.6 Å². The molecule has 9 heteroatoms. The zero-order valence-corrected chi connectivity index (χ0v) is 18.6. The summed E-state index contributed by atoms with van der Waals surface area (Å²) in [6.07, 6.45) is -0.583. The van der Waals surface area contributed by atoms with Gasteiger partial charge in [0.15, 0.2) is 0 Å². The van der Waals surface area contributed by atoms with Gasteiger partial charge in [-0.1, -0.05) is 0 Å². The summed E-state index contributed by atoms with van der Waals surface area (Å²) in [6.45, 7) is 10.9. The highest BCUT2D eigenvalue weighted by atomic mass is 32.2. The lowest BCUT2D eigenvalue weighted by atomic mass is 10.2. The Morgan fingerprint density at radius 2 is 1.93 bits per heavy atom. The molecule has 29 heavy (non-hydrogen) atoms. The van der Waals surface area contributed by atoms with Gasteiger partial charge in [-0.05, 0) is 65.3 Å². The summed E-state index contributed by atoms with van der Waals surface area (Å²) in [5.74, 6) is 0.616. The second-order valence-corrected chi connectivity index (χ2v) is 10.2. The zero-order valence-electron chi connectivity index (χ0n) is 17.8. The molecular weight excluding hydrogens is 394 g/mol. The molecule has 0 aliphatic carbocycles. The average Bonchev–Trinajstić information content (AvgIpc) is 2.60. The Morgan fingerprint density at radius 3 is 2.45 bits per heavy atom. The van der Waals surface area contributed by atoms with Gasteiger partial charge in [0.25, 0.3) is 0 Å². The molecule has 8 nitrogen and oxygen atoms in total. The first kappa shape index (κ1) is 23.0. The van der Waals surface area contributed by atoms with Crippen molar-refractivity contribution in [1.29, 1.82) is 5.26 Å². The number of hydrogen-bond acceptors (Lipinski definition) is 6. The third kappa shape index (κ3) is 5.61. The summed E-state index contributed by atoms with van der Waals surface area (Å²) in [5, 5.41) is 9.55. The molecule has 1 amide bonds. The molecular formula is C20H29N3O5S. The van der Waals surface area contributed by atoms with Crippen LogP contribution < -0.4 is 4.74 Å². The highest BCUT2D eigenvalue weighted by Crippen LogP contribution is 2.27. The summed E-state index contributed by atoms with van der Waals surface area (Å²) < 4.78 is 38.4. The molecule has 1 unspecified atom stereocenters. The molecule has 0 radical (unpaired) electrons. The fraction of sp³-hybridized carbons (Fsp3) is 0.600. The molecule has 1 heterocycles. The molecule has 0 aromatic heterocycles. The van der Waals surface area contributed by atoms with Crippen LogP contribution >= 0.6 is 0 Å². The van der Waals surface area contributed by atoms with Crippen LogP contribution in [0, 0.1) is 18.3 Å². The quantitative estimate of drug-likeness (QED) is 0.738. The number of aryl methyl sites for hydroxylation is 1. The zero-order chi connectivity index (χ0) is 22.0. The SMILES string of the molecule is Cc1cc(S(=O)(=O)N2CCN(C(=O)OC(C)(C)C)CC2C#N)ccc1OC(C)C. The number of amides is 1. The first-order valence-electron chi connectivity index (χ1n) is 9.52. The van der Waals surface area contributed by atoms with Crippen LogP contribution in [0.25, 0.3) is 0 Å². The van der Waals surface area contributed by atoms with E-state index in [9.17, 15) is 18.5 Å². The number of carbonyl (C=O) groups is 1. The molecule has 0 bridgehead atoms. The van der Waals surface area contributed by atoms with Gasteiger partial charge in [-0.2, -0.15) is 9.57 Å². The van der Waals surface area contributed by atoms with E-state index in [0.717, 1.165) is 4.31 Å². The third-order valence-electron chi connectivity index (χ3n) is 4.25. The number of hydrogen-bond donors (Lipinski definition) is 0. The molecule has 0 N–H and O–H groups in total. The van der Waals surface area contributed by atoms with Gasteiger partial charge in [0, 0.05) is 13.1 Å². The van der Waals surface area contributed by atoms with Crippen LogP contribution in [0.2, 0.25) is 0 Å². The standard InChI is InChI=1S/C20H29N3O5S/c1-14(2)27-18-8-7-17(11-15(18)3)29(25,26)23-10-9-22(13-16(23)12-21)19(24)28-20(4,5)6/h7-8,11,14,16H,9-10,13H2,1-6H3. The molecule has 0 saturated carbocycles. The molecule has 1 atom stereocenters. The lowest BCUT2D eigenvalue weighted by Crippen LogP contribution is -2.56. The van der Waals surface area contributed by atoms with E-state index >= 15 is 0 Å². The minimum absolute atomic E-state index is 0.0170. The first-order chi connectivity index (χ1) is 13.3. The Labute approximate surface area is 173 Å². The highest BCUT2D eigenvalue weighted by Gasteiger charge is 2.39. The van der Waals surface area contributed by atoms with Crippen molar-refractivity contribution in [1.82, 2.24) is 9.21 Å². The number of rotatable bonds is 4. The second kappa shape index (κ2) is 8.59. The van der Waals surface area contributed by atoms with Gasteiger partial charge in [0.1, 0.15) is 17.4 Å². The topological polar surface area (TPSA) is 99.9 Å². The van der Waals surface area contributed by atoms with Crippen LogP contribution in [-0.4, -0.2) is 61.1 Å². The van der Waals surface area contributed by atoms with Crippen LogP contribution in [0.5, 0.6) is 5.75 Å². The van der Waals surface area contributed by atoms with Crippen molar-refractivity contribution in [3.8, 4) is 11.8 Å². The monoisotopic (exact) mass is 423 g/mol. The molecule has 1 saturated heterocycles.